The van der Waals surface area contributed by atoms with Gasteiger partial charge in [0.05, 0.1) is 11.2 Å². The Labute approximate surface area is 179 Å². The van der Waals surface area contributed by atoms with Gasteiger partial charge < -0.3 is 9.42 Å². The van der Waals surface area contributed by atoms with E-state index in [-0.39, 0.29) is 12.1 Å². The number of nitrogens with zero attached hydrogens (tertiary/aromatic N) is 4. The molecule has 0 radical (unpaired) electrons. The lowest BCUT2D eigenvalue weighted by Crippen LogP contribution is -2.50. The second kappa shape index (κ2) is 7.61. The van der Waals surface area contributed by atoms with Crippen LogP contribution in [0.25, 0.3) is 5.69 Å². The van der Waals surface area contributed by atoms with Gasteiger partial charge in [0, 0.05) is 11.7 Å². The molecule has 31 heavy (non-hydrogen) atoms. The fraction of sp³-hybridized carbons (Fsp3) is 0.348. The van der Waals surface area contributed by atoms with Gasteiger partial charge in [0.2, 0.25) is 0 Å². The van der Waals surface area contributed by atoms with E-state index in [4.69, 9.17) is 4.52 Å². The third-order valence-electron chi connectivity index (χ3n) is 5.95. The lowest BCUT2D eigenvalue weighted by molar-refractivity contribution is 0.0756. The predicted octanol–water partition coefficient (Wildman–Crippen LogP) is 3.61. The van der Waals surface area contributed by atoms with Gasteiger partial charge in [-0.25, -0.2) is 14.4 Å². The van der Waals surface area contributed by atoms with Crippen LogP contribution in [0.5, 0.6) is 0 Å². The molecule has 1 aromatic heterocycles. The van der Waals surface area contributed by atoms with Crippen LogP contribution in [0.4, 0.5) is 10.5 Å². The molecule has 0 spiro atoms. The largest absolute Gasteiger partial charge is 0.447 e. The van der Waals surface area contributed by atoms with E-state index in [1.165, 1.54) is 4.90 Å². The third kappa shape index (κ3) is 3.19. The van der Waals surface area contributed by atoms with Crippen LogP contribution in [0.1, 0.15) is 40.3 Å². The van der Waals surface area contributed by atoms with Crippen molar-refractivity contribution in [1.29, 1.82) is 0 Å². The van der Waals surface area contributed by atoms with Crippen molar-refractivity contribution in [2.75, 3.05) is 4.90 Å². The van der Waals surface area contributed by atoms with E-state index in [9.17, 15) is 14.4 Å². The van der Waals surface area contributed by atoms with Crippen LogP contribution in [0.15, 0.2) is 74.8 Å². The molecule has 2 heterocycles. The Balaban J connectivity index is 1.94. The summed E-state index contributed by atoms with van der Waals surface area (Å²) in [6.45, 7) is 7.75. The van der Waals surface area contributed by atoms with Crippen LogP contribution in [-0.2, 0) is 0 Å². The lowest BCUT2D eigenvalue weighted by atomic mass is 9.98. The van der Waals surface area contributed by atoms with Gasteiger partial charge in [0.1, 0.15) is 0 Å². The first-order valence-electron chi connectivity index (χ1n) is 10.4. The molecule has 1 aliphatic heterocycles. The summed E-state index contributed by atoms with van der Waals surface area (Å²) in [5.74, 6) is -0.797. The number of hydrogen-bond acceptors (Lipinski definition) is 4. The summed E-state index contributed by atoms with van der Waals surface area (Å²) in [7, 11) is 0. The molecule has 1 aliphatic rings. The standard InChI is InChI=1S/C23H26N4O4/c1-5-16(2)26-20(28)24(17-12-8-6-9-13-17)19(23(26,3)4)27-21(29)25(22(30)31-27)18-14-10-7-11-15-18/h6-16,19H,5H2,1-4H3/t16-,19-/m0/s1. The zero-order chi connectivity index (χ0) is 22.3. The first-order valence-corrected chi connectivity index (χ1v) is 10.4. The number of hydrogen-bond donors (Lipinski definition) is 0. The molecule has 0 aliphatic carbocycles. The van der Waals surface area contributed by atoms with Gasteiger partial charge in [-0.15, -0.1) is 4.74 Å². The molecule has 0 N–H and O–H groups in total. The van der Waals surface area contributed by atoms with Crippen LogP contribution in [-0.4, -0.2) is 31.8 Å². The highest BCUT2D eigenvalue weighted by Crippen LogP contribution is 2.43. The van der Waals surface area contributed by atoms with Crippen LogP contribution in [0.3, 0.4) is 0 Å². The van der Waals surface area contributed by atoms with E-state index in [0.717, 1.165) is 15.7 Å². The van der Waals surface area contributed by atoms with Crippen LogP contribution in [0.2, 0.25) is 0 Å². The molecule has 2 aromatic carbocycles. The van der Waals surface area contributed by atoms with Gasteiger partial charge in [0.25, 0.3) is 0 Å². The maximum atomic E-state index is 13.6. The summed E-state index contributed by atoms with van der Waals surface area (Å²) in [5, 5.41) is 0. The van der Waals surface area contributed by atoms with E-state index >= 15 is 0 Å². The van der Waals surface area contributed by atoms with Crippen molar-refractivity contribution in [3.05, 3.63) is 81.7 Å². The summed E-state index contributed by atoms with van der Waals surface area (Å²) in [6, 6.07) is 17.4. The fourth-order valence-electron chi connectivity index (χ4n) is 4.37. The van der Waals surface area contributed by atoms with E-state index in [2.05, 4.69) is 0 Å². The Morgan fingerprint density at radius 3 is 2.03 bits per heavy atom. The average molecular weight is 422 g/mol. The molecule has 0 unspecified atom stereocenters. The van der Waals surface area contributed by atoms with Crippen molar-refractivity contribution in [2.24, 2.45) is 0 Å². The Bertz CT molecular complexity index is 1190. The second-order valence-corrected chi connectivity index (χ2v) is 8.28. The summed E-state index contributed by atoms with van der Waals surface area (Å²) >= 11 is 0. The summed E-state index contributed by atoms with van der Waals surface area (Å²) < 4.78 is 7.48. The number of aromatic nitrogens is 2. The van der Waals surface area contributed by atoms with Crippen molar-refractivity contribution in [3.63, 3.8) is 0 Å². The summed E-state index contributed by atoms with van der Waals surface area (Å²) in [4.78, 5) is 42.9. The third-order valence-corrected chi connectivity index (χ3v) is 5.95. The predicted molar refractivity (Wildman–Crippen MR) is 118 cm³/mol. The van der Waals surface area contributed by atoms with Crippen LogP contribution < -0.4 is 16.3 Å². The van der Waals surface area contributed by atoms with E-state index in [1.807, 2.05) is 45.9 Å². The molecular formula is C23H26N4O4. The van der Waals surface area contributed by atoms with Crippen LogP contribution >= 0.6 is 0 Å². The molecule has 1 fully saturated rings. The molecule has 8 heteroatoms. The van der Waals surface area contributed by atoms with Gasteiger partial charge in [-0.1, -0.05) is 43.3 Å². The minimum absolute atomic E-state index is 0.0719. The molecule has 4 rings (SSSR count). The smallest absolute Gasteiger partial charge is 0.314 e. The maximum Gasteiger partial charge on any atom is 0.447 e. The highest BCUT2D eigenvalue weighted by Gasteiger charge is 2.56. The summed E-state index contributed by atoms with van der Waals surface area (Å²) in [5.41, 5.74) is -0.426. The number of benzene rings is 2. The minimum Gasteiger partial charge on any atom is -0.314 e. The molecule has 0 bridgehead atoms. The SMILES string of the molecule is CC[C@H](C)N1C(=O)N(c2ccccc2)[C@@H](n2oc(=O)n(-c3ccccc3)c2=O)C1(C)C. The number of rotatable bonds is 5. The number of carbonyl (C=O) groups excluding carboxylic acids is 1. The quantitative estimate of drug-likeness (QED) is 0.629. The molecule has 1 saturated heterocycles. The van der Waals surface area contributed by atoms with Crippen molar-refractivity contribution in [2.45, 2.75) is 51.9 Å². The highest BCUT2D eigenvalue weighted by atomic mass is 16.5. The van der Waals surface area contributed by atoms with E-state index < -0.39 is 23.2 Å². The van der Waals surface area contributed by atoms with Gasteiger partial charge in [-0.05, 0) is 51.5 Å². The zero-order valence-electron chi connectivity index (χ0n) is 18.1. The number of urea groups is 1. The highest BCUT2D eigenvalue weighted by molar-refractivity contribution is 5.95. The van der Waals surface area contributed by atoms with Crippen molar-refractivity contribution < 1.29 is 9.32 Å². The van der Waals surface area contributed by atoms with Crippen molar-refractivity contribution in [1.82, 2.24) is 14.2 Å². The number of anilines is 1. The Morgan fingerprint density at radius 2 is 1.48 bits per heavy atom. The molecule has 0 saturated carbocycles. The lowest BCUT2D eigenvalue weighted by Gasteiger charge is -2.37. The maximum absolute atomic E-state index is 13.6. The van der Waals surface area contributed by atoms with Crippen molar-refractivity contribution >= 4 is 11.7 Å². The Hall–Kier alpha value is -3.55. The number of carbonyl (C=O) groups is 1. The van der Waals surface area contributed by atoms with Gasteiger partial charge in [-0.2, -0.15) is 4.57 Å². The summed E-state index contributed by atoms with van der Waals surface area (Å²) in [6.07, 6.45) is -0.101. The monoisotopic (exact) mass is 422 g/mol. The van der Waals surface area contributed by atoms with Gasteiger partial charge in [0.15, 0.2) is 6.17 Å². The topological polar surface area (TPSA) is 80.7 Å². The Morgan fingerprint density at radius 1 is 0.935 bits per heavy atom. The molecule has 3 aromatic rings. The van der Waals surface area contributed by atoms with Gasteiger partial charge >= 0.3 is 17.5 Å². The molecule has 2 amide bonds. The number of amides is 2. The zero-order valence-corrected chi connectivity index (χ0v) is 18.1. The first-order chi connectivity index (χ1) is 14.8. The van der Waals surface area contributed by atoms with Gasteiger partial charge in [-0.3, -0.25) is 4.90 Å². The van der Waals surface area contributed by atoms with E-state index in [0.29, 0.717) is 11.4 Å². The Kier molecular flexibility index (Phi) is 5.08. The average Bonchev–Trinajstić information content (AvgIpc) is 3.16. The molecule has 8 nitrogen and oxygen atoms in total. The fourth-order valence-corrected chi connectivity index (χ4v) is 4.37. The molecule has 162 valence electrons. The molecular weight excluding hydrogens is 396 g/mol. The first kappa shape index (κ1) is 20.7. The molecule has 2 atom stereocenters. The minimum atomic E-state index is -0.846. The van der Waals surface area contributed by atoms with E-state index in [1.54, 1.807) is 47.4 Å². The second-order valence-electron chi connectivity index (χ2n) is 8.28. The van der Waals surface area contributed by atoms with Crippen molar-refractivity contribution in [3.8, 4) is 5.69 Å². The number of para-hydroxylation sites is 2. The van der Waals surface area contributed by atoms with Crippen LogP contribution in [0, 0.1) is 0 Å². The normalized spacial score (nSPS) is 19.1.